The molecule has 0 amide bonds. The summed E-state index contributed by atoms with van der Waals surface area (Å²) in [5, 5.41) is 19.8. The second-order valence-electron chi connectivity index (χ2n) is 6.95. The maximum atomic E-state index is 13.2. The van der Waals surface area contributed by atoms with Crippen molar-refractivity contribution in [3.63, 3.8) is 0 Å². The van der Waals surface area contributed by atoms with E-state index in [1.54, 1.807) is 13.8 Å². The number of benzene rings is 1. The lowest BCUT2D eigenvalue weighted by atomic mass is 9.47. The fourth-order valence-corrected chi connectivity index (χ4v) is 4.58. The molecule has 6 nitrogen and oxygen atoms in total. The zero-order chi connectivity index (χ0) is 19.9. The van der Waals surface area contributed by atoms with Gasteiger partial charge < -0.3 is 9.47 Å². The van der Waals surface area contributed by atoms with Gasteiger partial charge >= 0.3 is 11.9 Å². The third-order valence-corrected chi connectivity index (χ3v) is 5.96. The molecule has 3 rings (SSSR count). The van der Waals surface area contributed by atoms with Gasteiger partial charge in [-0.15, -0.1) is 0 Å². The lowest BCUT2D eigenvalue weighted by Crippen LogP contribution is -2.54. The highest BCUT2D eigenvalue weighted by atomic mass is 19.1. The zero-order valence-electron chi connectivity index (χ0n) is 15.1. The van der Waals surface area contributed by atoms with Crippen LogP contribution in [0.25, 0.3) is 0 Å². The normalized spacial score (nSPS) is 26.2. The van der Waals surface area contributed by atoms with Crippen molar-refractivity contribution in [3.05, 3.63) is 35.6 Å². The summed E-state index contributed by atoms with van der Waals surface area (Å²) >= 11 is 0. The topological polar surface area (TPSA) is 100 Å². The van der Waals surface area contributed by atoms with Crippen LogP contribution in [0.4, 0.5) is 4.39 Å². The number of esters is 2. The van der Waals surface area contributed by atoms with Crippen LogP contribution in [0.5, 0.6) is 0 Å². The zero-order valence-corrected chi connectivity index (χ0v) is 15.1. The molecule has 0 saturated heterocycles. The van der Waals surface area contributed by atoms with Gasteiger partial charge in [0.2, 0.25) is 0 Å². The van der Waals surface area contributed by atoms with E-state index in [0.717, 1.165) is 0 Å². The molecule has 2 aliphatic carbocycles. The van der Waals surface area contributed by atoms with E-state index < -0.39 is 39.9 Å². The summed E-state index contributed by atoms with van der Waals surface area (Å²) in [7, 11) is 0. The molecule has 27 heavy (non-hydrogen) atoms. The van der Waals surface area contributed by atoms with E-state index in [1.807, 2.05) is 0 Å². The van der Waals surface area contributed by atoms with Crippen molar-refractivity contribution in [2.24, 2.45) is 16.2 Å². The molecule has 1 aromatic carbocycles. The molecule has 0 heterocycles. The molecule has 0 unspecified atom stereocenters. The average Bonchev–Trinajstić information content (AvgIpc) is 3.36. The monoisotopic (exact) mass is 370 g/mol. The average molecular weight is 370 g/mol. The van der Waals surface area contributed by atoms with E-state index in [9.17, 15) is 24.5 Å². The second-order valence-corrected chi connectivity index (χ2v) is 6.95. The van der Waals surface area contributed by atoms with E-state index in [0.29, 0.717) is 5.56 Å². The molecule has 2 atom stereocenters. The molecule has 2 aliphatic rings. The number of rotatable bonds is 5. The van der Waals surface area contributed by atoms with Crippen molar-refractivity contribution in [2.45, 2.75) is 32.6 Å². The maximum Gasteiger partial charge on any atom is 0.324 e. The van der Waals surface area contributed by atoms with Crippen molar-refractivity contribution >= 4 is 11.9 Å². The first-order chi connectivity index (χ1) is 12.9. The Balaban J connectivity index is 2.04. The predicted molar refractivity (Wildman–Crippen MR) is 90.2 cm³/mol. The molecular weight excluding hydrogens is 351 g/mol. The number of halogens is 1. The van der Waals surface area contributed by atoms with E-state index in [1.165, 1.54) is 24.3 Å². The molecule has 140 valence electrons. The van der Waals surface area contributed by atoms with Crippen LogP contribution < -0.4 is 0 Å². The molecule has 0 radical (unpaired) electrons. The number of hydrogen-bond donors (Lipinski definition) is 0. The Kier molecular flexibility index (Phi) is 4.43. The van der Waals surface area contributed by atoms with Gasteiger partial charge in [-0.2, -0.15) is 10.5 Å². The number of nitriles is 2. The fourth-order valence-electron chi connectivity index (χ4n) is 4.58. The second kappa shape index (κ2) is 6.35. The van der Waals surface area contributed by atoms with Gasteiger partial charge in [0.15, 0.2) is 10.8 Å². The van der Waals surface area contributed by atoms with Gasteiger partial charge in [-0.3, -0.25) is 9.59 Å². The Morgan fingerprint density at radius 1 is 1.11 bits per heavy atom. The van der Waals surface area contributed by atoms with Gasteiger partial charge in [-0.25, -0.2) is 4.39 Å². The lowest BCUT2D eigenvalue weighted by molar-refractivity contribution is -0.170. The molecule has 1 aromatic rings. The van der Waals surface area contributed by atoms with Crippen molar-refractivity contribution in [2.75, 3.05) is 13.2 Å². The molecule has 1 spiro atoms. The minimum absolute atomic E-state index is 0.0382. The van der Waals surface area contributed by atoms with Crippen LogP contribution in [-0.2, 0) is 19.1 Å². The Morgan fingerprint density at radius 3 is 2.07 bits per heavy atom. The van der Waals surface area contributed by atoms with Gasteiger partial charge in [0, 0.05) is 11.3 Å². The summed E-state index contributed by atoms with van der Waals surface area (Å²) in [4.78, 5) is 25.3. The standard InChI is InChI=1S/C20H19FN2O4/c1-3-26-16(24)20(17(25)27-4-2)10-19(20)9-15(18(19,11-22)12-23)13-5-7-14(21)8-6-13/h5-8,15H,3-4,9-10H2,1-2H3/t15-,19+/m0/s1. The van der Waals surface area contributed by atoms with Crippen LogP contribution in [0.1, 0.15) is 38.2 Å². The number of carbonyl (C=O) groups excluding carboxylic acids is 2. The first kappa shape index (κ1) is 18.8. The highest BCUT2D eigenvalue weighted by Gasteiger charge is 2.91. The Labute approximate surface area is 156 Å². The van der Waals surface area contributed by atoms with Gasteiger partial charge in [0.05, 0.1) is 25.4 Å². The Bertz CT molecular complexity index is 835. The fraction of sp³-hybridized carbons (Fsp3) is 0.500. The highest BCUT2D eigenvalue weighted by molar-refractivity contribution is 6.06. The summed E-state index contributed by atoms with van der Waals surface area (Å²) in [5.41, 5.74) is -3.76. The molecule has 0 aromatic heterocycles. The van der Waals surface area contributed by atoms with Crippen LogP contribution in [0, 0.1) is 44.7 Å². The minimum atomic E-state index is -1.64. The molecule has 0 aliphatic heterocycles. The maximum absolute atomic E-state index is 13.2. The third-order valence-electron chi connectivity index (χ3n) is 5.96. The van der Waals surface area contributed by atoms with Crippen LogP contribution in [-0.4, -0.2) is 25.2 Å². The third kappa shape index (κ3) is 2.21. The Morgan fingerprint density at radius 2 is 1.63 bits per heavy atom. The number of nitrogens with zero attached hydrogens (tertiary/aromatic N) is 2. The summed E-state index contributed by atoms with van der Waals surface area (Å²) in [5.74, 6) is -2.46. The molecule has 2 fully saturated rings. The van der Waals surface area contributed by atoms with Gasteiger partial charge in [0.25, 0.3) is 0 Å². The first-order valence-corrected chi connectivity index (χ1v) is 8.81. The summed E-state index contributed by atoms with van der Waals surface area (Å²) < 4.78 is 23.4. The van der Waals surface area contributed by atoms with Crippen molar-refractivity contribution in [1.29, 1.82) is 10.5 Å². The molecule has 7 heteroatoms. The quantitative estimate of drug-likeness (QED) is 0.584. The van der Waals surface area contributed by atoms with Crippen molar-refractivity contribution < 1.29 is 23.5 Å². The lowest BCUT2D eigenvalue weighted by Gasteiger charge is -2.50. The molecular formula is C20H19FN2O4. The molecule has 2 saturated carbocycles. The van der Waals surface area contributed by atoms with Crippen LogP contribution in [0.15, 0.2) is 24.3 Å². The van der Waals surface area contributed by atoms with Gasteiger partial charge in [-0.05, 0) is 44.4 Å². The van der Waals surface area contributed by atoms with Crippen LogP contribution >= 0.6 is 0 Å². The first-order valence-electron chi connectivity index (χ1n) is 8.81. The largest absolute Gasteiger partial charge is 0.465 e. The van der Waals surface area contributed by atoms with Gasteiger partial charge in [-0.1, -0.05) is 12.1 Å². The van der Waals surface area contributed by atoms with E-state index in [2.05, 4.69) is 12.1 Å². The SMILES string of the molecule is CCOC(=O)C1(C(=O)OCC)C[C@@]12C[C@@H](c1ccc(F)cc1)C2(C#N)C#N. The smallest absolute Gasteiger partial charge is 0.324 e. The Hall–Kier alpha value is -2.93. The van der Waals surface area contributed by atoms with Crippen LogP contribution in [0.2, 0.25) is 0 Å². The predicted octanol–water partition coefficient (Wildman–Crippen LogP) is 2.85. The minimum Gasteiger partial charge on any atom is -0.465 e. The highest BCUT2D eigenvalue weighted by Crippen LogP contribution is 2.85. The molecule has 0 N–H and O–H groups in total. The number of ether oxygens (including phenoxy) is 2. The van der Waals surface area contributed by atoms with Crippen molar-refractivity contribution in [1.82, 2.24) is 0 Å². The molecule has 0 bridgehead atoms. The summed E-state index contributed by atoms with van der Waals surface area (Å²) in [6.45, 7) is 3.39. The van der Waals surface area contributed by atoms with E-state index >= 15 is 0 Å². The van der Waals surface area contributed by atoms with E-state index in [-0.39, 0.29) is 26.1 Å². The van der Waals surface area contributed by atoms with Crippen molar-refractivity contribution in [3.8, 4) is 12.1 Å². The summed E-state index contributed by atoms with van der Waals surface area (Å²) in [6.07, 6.45) is 0.313. The van der Waals surface area contributed by atoms with Crippen LogP contribution in [0.3, 0.4) is 0 Å². The summed E-state index contributed by atoms with van der Waals surface area (Å²) in [6, 6.07) is 9.68. The van der Waals surface area contributed by atoms with Gasteiger partial charge in [0.1, 0.15) is 5.82 Å². The van der Waals surface area contributed by atoms with E-state index in [4.69, 9.17) is 9.47 Å². The number of hydrogen-bond acceptors (Lipinski definition) is 6. The number of carbonyl (C=O) groups is 2.